The highest BCUT2D eigenvalue weighted by Crippen LogP contribution is 2.36. The zero-order valence-corrected chi connectivity index (χ0v) is 19.9. The third-order valence-corrected chi connectivity index (χ3v) is 6.46. The van der Waals surface area contributed by atoms with Gasteiger partial charge < -0.3 is 18.9 Å². The number of hydrogen-bond acceptors (Lipinski definition) is 6. The Morgan fingerprint density at radius 1 is 1.12 bits per heavy atom. The molecule has 2 aliphatic heterocycles. The Balaban J connectivity index is 1.65. The van der Waals surface area contributed by atoms with Crippen LogP contribution in [0.5, 0.6) is 5.75 Å². The highest BCUT2D eigenvalue weighted by molar-refractivity contribution is 5.66. The van der Waals surface area contributed by atoms with E-state index >= 15 is 0 Å². The van der Waals surface area contributed by atoms with Crippen molar-refractivity contribution in [3.63, 3.8) is 0 Å². The molecule has 2 saturated heterocycles. The lowest BCUT2D eigenvalue weighted by Crippen LogP contribution is -2.39. The van der Waals surface area contributed by atoms with Gasteiger partial charge in [0, 0.05) is 32.9 Å². The van der Waals surface area contributed by atoms with Gasteiger partial charge in [-0.1, -0.05) is 30.3 Å². The second-order valence-electron chi connectivity index (χ2n) is 8.78. The maximum absolute atomic E-state index is 11.5. The van der Waals surface area contributed by atoms with Crippen LogP contribution in [0.25, 0.3) is 0 Å². The summed E-state index contributed by atoms with van der Waals surface area (Å²) in [7, 11) is 0. The molecule has 6 heteroatoms. The molecule has 33 heavy (non-hydrogen) atoms. The first kappa shape index (κ1) is 23.7. The molecule has 2 aromatic rings. The number of ether oxygens (including phenoxy) is 4. The van der Waals surface area contributed by atoms with Crippen molar-refractivity contribution in [1.82, 2.24) is 4.90 Å². The van der Waals surface area contributed by atoms with Crippen molar-refractivity contribution in [2.75, 3.05) is 39.5 Å². The minimum Gasteiger partial charge on any atom is -0.494 e. The lowest BCUT2D eigenvalue weighted by Gasteiger charge is -2.36. The topological polar surface area (TPSA) is 57.2 Å². The van der Waals surface area contributed by atoms with E-state index in [0.717, 1.165) is 44.0 Å². The zero-order valence-electron chi connectivity index (χ0n) is 19.9. The number of morpholine rings is 1. The first-order valence-corrected chi connectivity index (χ1v) is 12.0. The molecule has 0 aromatic heterocycles. The van der Waals surface area contributed by atoms with Gasteiger partial charge in [-0.2, -0.15) is 0 Å². The van der Waals surface area contributed by atoms with Crippen molar-refractivity contribution in [1.29, 1.82) is 0 Å². The summed E-state index contributed by atoms with van der Waals surface area (Å²) < 4.78 is 22.9. The van der Waals surface area contributed by atoms with E-state index in [1.807, 2.05) is 6.92 Å². The highest BCUT2D eigenvalue weighted by Gasteiger charge is 2.29. The SMILES string of the molecule is CCOc1ccc(C(c2cc(C3CC(OC(C)=O)CCO3)ccc2C)N2CCOCC2)cc1. The van der Waals surface area contributed by atoms with Crippen LogP contribution in [0.2, 0.25) is 0 Å². The van der Waals surface area contributed by atoms with Crippen LogP contribution in [0.4, 0.5) is 0 Å². The van der Waals surface area contributed by atoms with Gasteiger partial charge in [0.1, 0.15) is 11.9 Å². The summed E-state index contributed by atoms with van der Waals surface area (Å²) in [6.07, 6.45) is 1.27. The van der Waals surface area contributed by atoms with E-state index in [1.54, 1.807) is 0 Å². The number of hydrogen-bond donors (Lipinski definition) is 0. The molecule has 3 unspecified atom stereocenters. The average molecular weight is 454 g/mol. The number of carbonyl (C=O) groups is 1. The Morgan fingerprint density at radius 2 is 1.88 bits per heavy atom. The molecule has 0 bridgehead atoms. The second-order valence-corrected chi connectivity index (χ2v) is 8.78. The van der Waals surface area contributed by atoms with Crippen LogP contribution in [0, 0.1) is 6.92 Å². The van der Waals surface area contributed by atoms with Gasteiger partial charge in [-0.3, -0.25) is 9.69 Å². The Labute approximate surface area is 196 Å². The van der Waals surface area contributed by atoms with Gasteiger partial charge >= 0.3 is 5.97 Å². The molecule has 2 aromatic carbocycles. The van der Waals surface area contributed by atoms with Crippen LogP contribution >= 0.6 is 0 Å². The van der Waals surface area contributed by atoms with Crippen LogP contribution in [-0.2, 0) is 19.0 Å². The van der Waals surface area contributed by atoms with Crippen molar-refractivity contribution in [3.8, 4) is 5.75 Å². The monoisotopic (exact) mass is 453 g/mol. The third-order valence-electron chi connectivity index (χ3n) is 6.46. The second kappa shape index (κ2) is 11.1. The smallest absolute Gasteiger partial charge is 0.302 e. The van der Waals surface area contributed by atoms with Crippen LogP contribution in [0.15, 0.2) is 42.5 Å². The number of benzene rings is 2. The maximum atomic E-state index is 11.5. The molecule has 2 fully saturated rings. The van der Waals surface area contributed by atoms with E-state index < -0.39 is 0 Å². The summed E-state index contributed by atoms with van der Waals surface area (Å²) in [5, 5.41) is 0. The summed E-state index contributed by atoms with van der Waals surface area (Å²) in [6.45, 7) is 10.1. The number of nitrogens with zero attached hydrogens (tertiary/aromatic N) is 1. The summed E-state index contributed by atoms with van der Waals surface area (Å²) in [5.41, 5.74) is 4.90. The van der Waals surface area contributed by atoms with E-state index in [4.69, 9.17) is 18.9 Å². The van der Waals surface area contributed by atoms with Gasteiger partial charge in [-0.15, -0.1) is 0 Å². The van der Waals surface area contributed by atoms with Crippen molar-refractivity contribution >= 4 is 5.97 Å². The van der Waals surface area contributed by atoms with Crippen LogP contribution in [0.3, 0.4) is 0 Å². The first-order valence-electron chi connectivity index (χ1n) is 12.0. The largest absolute Gasteiger partial charge is 0.494 e. The standard InChI is InChI=1S/C27H35NO5/c1-4-31-23-9-7-21(8-10-23)27(28-12-15-30-16-13-28)25-17-22(6-5-19(25)2)26-18-24(11-14-32-26)33-20(3)29/h5-10,17,24,26-27H,4,11-16,18H2,1-3H3. The molecule has 0 radical (unpaired) electrons. The summed E-state index contributed by atoms with van der Waals surface area (Å²) in [5.74, 6) is 0.660. The number of aryl methyl sites for hydroxylation is 1. The third kappa shape index (κ3) is 5.94. The van der Waals surface area contributed by atoms with Crippen molar-refractivity contribution in [3.05, 3.63) is 64.7 Å². The number of esters is 1. The van der Waals surface area contributed by atoms with Gasteiger partial charge in [-0.25, -0.2) is 0 Å². The van der Waals surface area contributed by atoms with Crippen molar-refractivity contribution < 1.29 is 23.7 Å². The molecule has 0 N–H and O–H groups in total. The molecule has 6 nitrogen and oxygen atoms in total. The zero-order chi connectivity index (χ0) is 23.2. The first-order chi connectivity index (χ1) is 16.0. The van der Waals surface area contributed by atoms with E-state index in [-0.39, 0.29) is 24.2 Å². The number of rotatable bonds is 7. The Kier molecular flexibility index (Phi) is 8.02. The van der Waals surface area contributed by atoms with Gasteiger partial charge in [0.05, 0.1) is 38.6 Å². The van der Waals surface area contributed by atoms with Gasteiger partial charge in [-0.05, 0) is 48.2 Å². The predicted molar refractivity (Wildman–Crippen MR) is 127 cm³/mol. The summed E-state index contributed by atoms with van der Waals surface area (Å²) in [6, 6.07) is 15.2. The molecule has 2 heterocycles. The van der Waals surface area contributed by atoms with E-state index in [2.05, 4.69) is 54.3 Å². The molecular formula is C27H35NO5. The molecule has 4 rings (SSSR count). The minimum absolute atomic E-state index is 0.0758. The fourth-order valence-corrected chi connectivity index (χ4v) is 4.83. The Morgan fingerprint density at radius 3 is 2.58 bits per heavy atom. The molecule has 0 saturated carbocycles. The van der Waals surface area contributed by atoms with Gasteiger partial charge in [0.25, 0.3) is 0 Å². The Hall–Kier alpha value is -2.41. The van der Waals surface area contributed by atoms with E-state index in [0.29, 0.717) is 19.6 Å². The van der Waals surface area contributed by atoms with E-state index in [9.17, 15) is 4.79 Å². The van der Waals surface area contributed by atoms with E-state index in [1.165, 1.54) is 23.6 Å². The van der Waals surface area contributed by atoms with Crippen LogP contribution in [-0.4, -0.2) is 56.5 Å². The van der Waals surface area contributed by atoms with Gasteiger partial charge in [0.15, 0.2) is 0 Å². The quantitative estimate of drug-likeness (QED) is 0.571. The molecule has 0 aliphatic carbocycles. The molecule has 0 amide bonds. The lowest BCUT2D eigenvalue weighted by molar-refractivity contribution is -0.153. The maximum Gasteiger partial charge on any atom is 0.302 e. The van der Waals surface area contributed by atoms with Crippen LogP contribution < -0.4 is 4.74 Å². The fraction of sp³-hybridized carbons (Fsp3) is 0.519. The Bertz CT molecular complexity index is 923. The average Bonchev–Trinajstić information content (AvgIpc) is 2.82. The van der Waals surface area contributed by atoms with Crippen molar-refractivity contribution in [2.45, 2.75) is 51.9 Å². The summed E-state index contributed by atoms with van der Waals surface area (Å²) in [4.78, 5) is 13.9. The summed E-state index contributed by atoms with van der Waals surface area (Å²) >= 11 is 0. The lowest BCUT2D eigenvalue weighted by atomic mass is 9.89. The van der Waals surface area contributed by atoms with Gasteiger partial charge in [0.2, 0.25) is 0 Å². The van der Waals surface area contributed by atoms with Crippen molar-refractivity contribution in [2.24, 2.45) is 0 Å². The molecule has 3 atom stereocenters. The molecule has 0 spiro atoms. The number of carbonyl (C=O) groups excluding carboxylic acids is 1. The predicted octanol–water partition coefficient (Wildman–Crippen LogP) is 4.60. The molecular weight excluding hydrogens is 418 g/mol. The van der Waals surface area contributed by atoms with Crippen LogP contribution in [0.1, 0.15) is 61.1 Å². The fourth-order valence-electron chi connectivity index (χ4n) is 4.83. The highest BCUT2D eigenvalue weighted by atomic mass is 16.6. The molecule has 2 aliphatic rings. The molecule has 178 valence electrons. The normalized spacial score (nSPS) is 22.5. The minimum atomic E-state index is -0.229.